The third-order valence-corrected chi connectivity index (χ3v) is 6.78. The Kier molecular flexibility index (Phi) is 6.05. The zero-order chi connectivity index (χ0) is 17.0. The molecule has 0 amide bonds. The van der Waals surface area contributed by atoms with Crippen LogP contribution in [0.4, 0.5) is 5.69 Å². The Morgan fingerprint density at radius 1 is 1.30 bits per heavy atom. The maximum atomic E-state index is 4.71. The predicted octanol–water partition coefficient (Wildman–Crippen LogP) is 2.98. The molecule has 0 bridgehead atoms. The average molecular weight is 420 g/mol. The minimum atomic E-state index is -0.730. The van der Waals surface area contributed by atoms with E-state index in [9.17, 15) is 0 Å². The van der Waals surface area contributed by atoms with Crippen molar-refractivity contribution in [2.24, 2.45) is 0 Å². The van der Waals surface area contributed by atoms with Gasteiger partial charge in [0.05, 0.1) is 0 Å². The predicted molar refractivity (Wildman–Crippen MR) is 97.0 cm³/mol. The van der Waals surface area contributed by atoms with Crippen molar-refractivity contribution in [2.45, 2.75) is 63.9 Å². The van der Waals surface area contributed by atoms with Crippen molar-refractivity contribution in [1.82, 2.24) is 20.0 Å². The van der Waals surface area contributed by atoms with E-state index >= 15 is 0 Å². The summed E-state index contributed by atoms with van der Waals surface area (Å²) in [5.74, 6) is 0. The number of aromatic nitrogens is 4. The van der Waals surface area contributed by atoms with E-state index in [0.717, 1.165) is 29.9 Å². The first-order valence-corrected chi connectivity index (χ1v) is 11.1. The number of pyridine rings is 1. The summed E-state index contributed by atoms with van der Waals surface area (Å²) in [6.45, 7) is 13.4. The van der Waals surface area contributed by atoms with Gasteiger partial charge in [0.1, 0.15) is 0 Å². The molecular formula is C17H27N5Sn. The van der Waals surface area contributed by atoms with Gasteiger partial charge in [-0.1, -0.05) is 0 Å². The van der Waals surface area contributed by atoms with Crippen LogP contribution >= 0.6 is 0 Å². The molecule has 0 aliphatic carbocycles. The van der Waals surface area contributed by atoms with E-state index in [1.165, 1.54) is 3.71 Å². The molecule has 0 saturated heterocycles. The number of aryl methyl sites for hydroxylation is 1. The van der Waals surface area contributed by atoms with Gasteiger partial charge in [0.15, 0.2) is 0 Å². The summed E-state index contributed by atoms with van der Waals surface area (Å²) in [5, 5.41) is 12.1. The second kappa shape index (κ2) is 7.64. The molecule has 0 saturated carbocycles. The normalized spacial score (nSPS) is 12.0. The van der Waals surface area contributed by atoms with Crippen LogP contribution in [0.1, 0.15) is 53.7 Å². The molecule has 2 aromatic rings. The number of rotatable bonds is 6. The molecule has 0 aliphatic rings. The van der Waals surface area contributed by atoms with Gasteiger partial charge >= 0.3 is 150 Å². The van der Waals surface area contributed by atoms with E-state index in [2.05, 4.69) is 63.2 Å². The molecular weight excluding hydrogens is 393 g/mol. The van der Waals surface area contributed by atoms with Gasteiger partial charge in [0, 0.05) is 0 Å². The molecule has 124 valence electrons. The third-order valence-electron chi connectivity index (χ3n) is 3.12. The summed E-state index contributed by atoms with van der Waals surface area (Å²) in [7, 11) is 0. The van der Waals surface area contributed by atoms with Gasteiger partial charge in [-0.2, -0.15) is 0 Å². The molecule has 0 atom stereocenters. The second-order valence-corrected chi connectivity index (χ2v) is 13.6. The van der Waals surface area contributed by atoms with Crippen molar-refractivity contribution < 1.29 is 0 Å². The topological polar surface area (TPSA) is 55.6 Å². The van der Waals surface area contributed by atoms with Crippen molar-refractivity contribution in [2.75, 3.05) is 5.32 Å². The molecule has 1 N–H and O–H groups in total. The Morgan fingerprint density at radius 3 is 2.65 bits per heavy atom. The number of nitrogens with one attached hydrogen (secondary N) is 1. The third kappa shape index (κ3) is 5.48. The fraction of sp³-hybridized carbons (Fsp3) is 0.588. The van der Waals surface area contributed by atoms with Crippen LogP contribution in [-0.2, 0) is 6.42 Å². The quantitative estimate of drug-likeness (QED) is 0.731. The Bertz CT molecular complexity index is 643. The molecule has 2 rings (SSSR count). The van der Waals surface area contributed by atoms with Gasteiger partial charge < -0.3 is 0 Å². The van der Waals surface area contributed by atoms with Crippen molar-refractivity contribution >= 4 is 30.5 Å². The van der Waals surface area contributed by atoms with Gasteiger partial charge in [-0.25, -0.2) is 0 Å². The number of nitrogens with zero attached hydrogens (tertiary/aromatic N) is 4. The summed E-state index contributed by atoms with van der Waals surface area (Å²) in [4.78, 5) is 4.71. The Labute approximate surface area is 149 Å². The van der Waals surface area contributed by atoms with Crippen molar-refractivity contribution in [3.8, 4) is 5.69 Å². The van der Waals surface area contributed by atoms with Crippen LogP contribution in [0, 0.1) is 0 Å². The molecule has 0 spiro atoms. The van der Waals surface area contributed by atoms with E-state index < -0.39 is 21.1 Å². The average Bonchev–Trinajstić information content (AvgIpc) is 2.85. The zero-order valence-electron chi connectivity index (χ0n) is 15.0. The van der Waals surface area contributed by atoms with E-state index in [4.69, 9.17) is 4.98 Å². The van der Waals surface area contributed by atoms with E-state index in [1.807, 2.05) is 17.1 Å². The van der Waals surface area contributed by atoms with Gasteiger partial charge in [-0.05, 0) is 0 Å². The van der Waals surface area contributed by atoms with Crippen LogP contribution in [-0.4, -0.2) is 47.2 Å². The van der Waals surface area contributed by atoms with Crippen molar-refractivity contribution in [3.05, 3.63) is 24.2 Å². The van der Waals surface area contributed by atoms with Crippen LogP contribution in [0.25, 0.3) is 5.69 Å². The molecule has 2 radical (unpaired) electrons. The number of hydrogen-bond acceptors (Lipinski definition) is 4. The van der Waals surface area contributed by atoms with Gasteiger partial charge in [-0.3, -0.25) is 0 Å². The minimum absolute atomic E-state index is 0.364. The molecule has 5 nitrogen and oxygen atoms in total. The van der Waals surface area contributed by atoms with E-state index in [0.29, 0.717) is 9.47 Å². The Morgan fingerprint density at radius 2 is 2.04 bits per heavy atom. The van der Waals surface area contributed by atoms with Crippen LogP contribution in [0.2, 0.25) is 3.43 Å². The molecule has 0 aliphatic heterocycles. The van der Waals surface area contributed by atoms with Crippen LogP contribution < -0.4 is 9.03 Å². The first kappa shape index (κ1) is 18.2. The summed E-state index contributed by atoms with van der Waals surface area (Å²) in [6.07, 6.45) is 5.98. The SMILES string of the molecule is CCCc1cn(-c2cn[c]([Sn][C](C)(C)C)cc2NC(C)C)nn1. The van der Waals surface area contributed by atoms with E-state index in [1.54, 1.807) is 0 Å². The summed E-state index contributed by atoms with van der Waals surface area (Å²) >= 11 is -0.730. The first-order valence-electron chi connectivity index (χ1n) is 8.25. The Balaban J connectivity index is 2.36. The molecule has 6 heteroatoms. The van der Waals surface area contributed by atoms with Gasteiger partial charge in [-0.15, -0.1) is 0 Å². The summed E-state index contributed by atoms with van der Waals surface area (Å²) in [5.41, 5.74) is 3.10. The molecule has 2 aromatic heterocycles. The van der Waals surface area contributed by atoms with Gasteiger partial charge in [0.25, 0.3) is 0 Å². The zero-order valence-corrected chi connectivity index (χ0v) is 17.9. The molecule has 2 heterocycles. The van der Waals surface area contributed by atoms with Gasteiger partial charge in [0.2, 0.25) is 0 Å². The molecule has 0 fully saturated rings. The summed E-state index contributed by atoms with van der Waals surface area (Å²) < 4.78 is 3.49. The van der Waals surface area contributed by atoms with Crippen LogP contribution in [0.3, 0.4) is 0 Å². The second-order valence-electron chi connectivity index (χ2n) is 7.17. The number of anilines is 1. The summed E-state index contributed by atoms with van der Waals surface area (Å²) in [6, 6.07) is 2.58. The maximum absolute atomic E-state index is 4.71. The molecule has 23 heavy (non-hydrogen) atoms. The molecule has 0 aromatic carbocycles. The first-order chi connectivity index (χ1) is 10.8. The fourth-order valence-electron chi connectivity index (χ4n) is 2.30. The van der Waals surface area contributed by atoms with Crippen molar-refractivity contribution in [1.29, 1.82) is 0 Å². The standard InChI is InChI=1S/C13H18N5.C4H9.Sn/c1-4-5-11-9-18(17-16-11)13-8-14-7-6-12(13)15-10(2)3;1-4(2)3;/h6,8-10H,4-5H2,1-3H3,(H,14,15);1-3H3;. The van der Waals surface area contributed by atoms with E-state index in [-0.39, 0.29) is 0 Å². The Hall–Kier alpha value is -1.11. The molecule has 0 unspecified atom stereocenters. The van der Waals surface area contributed by atoms with Crippen LogP contribution in [0.15, 0.2) is 18.5 Å². The fourth-order valence-corrected chi connectivity index (χ4v) is 5.48. The van der Waals surface area contributed by atoms with Crippen molar-refractivity contribution in [3.63, 3.8) is 0 Å². The van der Waals surface area contributed by atoms with Crippen LogP contribution in [0.5, 0.6) is 0 Å². The number of hydrogen-bond donors (Lipinski definition) is 1. The monoisotopic (exact) mass is 421 g/mol.